The SMILES string of the molecule is CN(Cc1ccccc1)CC1CNNC1c1ccc(Cl)cc1. The largest absolute Gasteiger partial charge is 0.302 e. The summed E-state index contributed by atoms with van der Waals surface area (Å²) in [6.07, 6.45) is 0. The Morgan fingerprint density at radius 2 is 1.82 bits per heavy atom. The van der Waals surface area contributed by atoms with Crippen molar-refractivity contribution in [2.75, 3.05) is 20.1 Å². The first-order valence-electron chi connectivity index (χ1n) is 7.68. The summed E-state index contributed by atoms with van der Waals surface area (Å²) in [6.45, 7) is 3.00. The van der Waals surface area contributed by atoms with Crippen LogP contribution in [0.25, 0.3) is 0 Å². The zero-order valence-electron chi connectivity index (χ0n) is 12.8. The van der Waals surface area contributed by atoms with Gasteiger partial charge in [0.05, 0.1) is 6.04 Å². The Bertz CT molecular complexity index is 585. The molecule has 3 rings (SSSR count). The van der Waals surface area contributed by atoms with Gasteiger partial charge in [-0.15, -0.1) is 0 Å². The van der Waals surface area contributed by atoms with E-state index in [1.807, 2.05) is 12.1 Å². The van der Waals surface area contributed by atoms with Crippen molar-refractivity contribution < 1.29 is 0 Å². The number of nitrogens with zero attached hydrogens (tertiary/aromatic N) is 1. The third-order valence-corrected chi connectivity index (χ3v) is 4.42. The lowest BCUT2D eigenvalue weighted by atomic mass is 9.94. The Hall–Kier alpha value is -1.39. The highest BCUT2D eigenvalue weighted by molar-refractivity contribution is 6.30. The van der Waals surface area contributed by atoms with E-state index in [1.165, 1.54) is 11.1 Å². The van der Waals surface area contributed by atoms with Gasteiger partial charge in [0.1, 0.15) is 0 Å². The van der Waals surface area contributed by atoms with Crippen LogP contribution in [0.2, 0.25) is 5.02 Å². The normalized spacial score (nSPS) is 21.4. The molecule has 2 N–H and O–H groups in total. The summed E-state index contributed by atoms with van der Waals surface area (Å²) in [6, 6.07) is 19.1. The van der Waals surface area contributed by atoms with Gasteiger partial charge < -0.3 is 4.90 Å². The van der Waals surface area contributed by atoms with Gasteiger partial charge >= 0.3 is 0 Å². The van der Waals surface area contributed by atoms with Crippen LogP contribution >= 0.6 is 11.6 Å². The second-order valence-corrected chi connectivity index (χ2v) is 6.43. The van der Waals surface area contributed by atoms with Crippen LogP contribution in [0.5, 0.6) is 0 Å². The van der Waals surface area contributed by atoms with Crippen LogP contribution in [-0.2, 0) is 6.54 Å². The summed E-state index contributed by atoms with van der Waals surface area (Å²) >= 11 is 5.99. The highest BCUT2D eigenvalue weighted by Gasteiger charge is 2.28. The fraction of sp³-hybridized carbons (Fsp3) is 0.333. The monoisotopic (exact) mass is 315 g/mol. The molecule has 2 aromatic carbocycles. The number of hydrogen-bond donors (Lipinski definition) is 2. The molecule has 2 aromatic rings. The summed E-state index contributed by atoms with van der Waals surface area (Å²) in [5.41, 5.74) is 9.33. The van der Waals surface area contributed by atoms with E-state index < -0.39 is 0 Å². The van der Waals surface area contributed by atoms with Crippen LogP contribution in [-0.4, -0.2) is 25.0 Å². The molecule has 2 unspecified atom stereocenters. The standard InChI is InChI=1S/C18H22ClN3/c1-22(12-14-5-3-2-4-6-14)13-16-11-20-21-18(16)15-7-9-17(19)10-8-15/h2-10,16,18,20-21H,11-13H2,1H3. The molecule has 0 amide bonds. The molecule has 0 spiro atoms. The molecule has 0 aromatic heterocycles. The smallest absolute Gasteiger partial charge is 0.0515 e. The molecule has 1 aliphatic heterocycles. The summed E-state index contributed by atoms with van der Waals surface area (Å²) in [5, 5.41) is 0.785. The van der Waals surface area contributed by atoms with E-state index >= 15 is 0 Å². The summed E-state index contributed by atoms with van der Waals surface area (Å²) < 4.78 is 0. The van der Waals surface area contributed by atoms with Gasteiger partial charge in [0.15, 0.2) is 0 Å². The second kappa shape index (κ2) is 7.25. The van der Waals surface area contributed by atoms with Crippen LogP contribution in [0, 0.1) is 5.92 Å². The van der Waals surface area contributed by atoms with Gasteiger partial charge in [0.25, 0.3) is 0 Å². The van der Waals surface area contributed by atoms with E-state index in [0.29, 0.717) is 12.0 Å². The first-order chi connectivity index (χ1) is 10.7. The molecule has 0 radical (unpaired) electrons. The van der Waals surface area contributed by atoms with Crippen LogP contribution in [0.15, 0.2) is 54.6 Å². The minimum Gasteiger partial charge on any atom is -0.302 e. The number of halogens is 1. The highest BCUT2D eigenvalue weighted by atomic mass is 35.5. The zero-order valence-corrected chi connectivity index (χ0v) is 13.6. The van der Waals surface area contributed by atoms with Crippen molar-refractivity contribution in [1.82, 2.24) is 15.8 Å². The van der Waals surface area contributed by atoms with Gasteiger partial charge in [-0.25, -0.2) is 5.43 Å². The van der Waals surface area contributed by atoms with Crippen molar-refractivity contribution in [3.05, 3.63) is 70.7 Å². The number of hydrogen-bond acceptors (Lipinski definition) is 3. The molecular weight excluding hydrogens is 294 g/mol. The molecular formula is C18H22ClN3. The van der Waals surface area contributed by atoms with Crippen LogP contribution < -0.4 is 10.9 Å². The van der Waals surface area contributed by atoms with E-state index in [2.05, 4.69) is 65.3 Å². The van der Waals surface area contributed by atoms with E-state index in [0.717, 1.165) is 24.7 Å². The first-order valence-corrected chi connectivity index (χ1v) is 8.06. The summed E-state index contributed by atoms with van der Waals surface area (Å²) in [5.74, 6) is 0.537. The van der Waals surface area contributed by atoms with Crippen molar-refractivity contribution in [1.29, 1.82) is 0 Å². The number of nitrogens with one attached hydrogen (secondary N) is 2. The van der Waals surface area contributed by atoms with Gasteiger partial charge in [-0.1, -0.05) is 54.1 Å². The van der Waals surface area contributed by atoms with E-state index in [-0.39, 0.29) is 0 Å². The molecule has 1 fully saturated rings. The lowest BCUT2D eigenvalue weighted by Gasteiger charge is -2.25. The maximum atomic E-state index is 5.99. The second-order valence-electron chi connectivity index (χ2n) is 6.00. The van der Waals surface area contributed by atoms with Crippen LogP contribution in [0.1, 0.15) is 17.2 Å². The minimum atomic E-state index is 0.329. The molecule has 0 bridgehead atoms. The Kier molecular flexibility index (Phi) is 5.11. The molecule has 0 aliphatic carbocycles. The predicted octanol–water partition coefficient (Wildman–Crippen LogP) is 3.24. The van der Waals surface area contributed by atoms with Gasteiger partial charge in [-0.2, -0.15) is 0 Å². The third kappa shape index (κ3) is 3.87. The minimum absolute atomic E-state index is 0.329. The fourth-order valence-corrected chi connectivity index (χ4v) is 3.22. The quantitative estimate of drug-likeness (QED) is 0.887. The number of hydrazine groups is 1. The Morgan fingerprint density at radius 1 is 1.09 bits per heavy atom. The van der Waals surface area contributed by atoms with Gasteiger partial charge in [-0.05, 0) is 30.3 Å². The number of rotatable bonds is 5. The predicted molar refractivity (Wildman–Crippen MR) is 91.6 cm³/mol. The van der Waals surface area contributed by atoms with E-state index in [1.54, 1.807) is 0 Å². The topological polar surface area (TPSA) is 27.3 Å². The summed E-state index contributed by atoms with van der Waals surface area (Å²) in [4.78, 5) is 2.39. The van der Waals surface area contributed by atoms with E-state index in [4.69, 9.17) is 11.6 Å². The van der Waals surface area contributed by atoms with Gasteiger partial charge in [0.2, 0.25) is 0 Å². The fourth-order valence-electron chi connectivity index (χ4n) is 3.09. The molecule has 1 saturated heterocycles. The summed E-state index contributed by atoms with van der Waals surface area (Å²) in [7, 11) is 2.18. The lowest BCUT2D eigenvalue weighted by Crippen LogP contribution is -2.30. The first kappa shape index (κ1) is 15.5. The molecule has 1 heterocycles. The molecule has 2 atom stereocenters. The van der Waals surface area contributed by atoms with Crippen LogP contribution in [0.3, 0.4) is 0 Å². The maximum Gasteiger partial charge on any atom is 0.0515 e. The molecule has 3 nitrogen and oxygen atoms in total. The van der Waals surface area contributed by atoms with Crippen molar-refractivity contribution in [3.63, 3.8) is 0 Å². The lowest BCUT2D eigenvalue weighted by molar-refractivity contribution is 0.262. The average Bonchev–Trinajstić information content (AvgIpc) is 2.97. The van der Waals surface area contributed by atoms with Crippen molar-refractivity contribution >= 4 is 11.6 Å². The Labute approximate surface area is 137 Å². The molecule has 116 valence electrons. The third-order valence-electron chi connectivity index (χ3n) is 4.16. The van der Waals surface area contributed by atoms with Crippen LogP contribution in [0.4, 0.5) is 0 Å². The zero-order chi connectivity index (χ0) is 15.4. The average molecular weight is 316 g/mol. The Balaban J connectivity index is 1.62. The van der Waals surface area contributed by atoms with Gasteiger partial charge in [0, 0.05) is 30.6 Å². The molecule has 4 heteroatoms. The molecule has 0 saturated carbocycles. The molecule has 22 heavy (non-hydrogen) atoms. The van der Waals surface area contributed by atoms with Gasteiger partial charge in [-0.3, -0.25) is 5.43 Å². The van der Waals surface area contributed by atoms with Crippen molar-refractivity contribution in [2.45, 2.75) is 12.6 Å². The Morgan fingerprint density at radius 3 is 2.55 bits per heavy atom. The van der Waals surface area contributed by atoms with Crippen molar-refractivity contribution in [2.24, 2.45) is 5.92 Å². The maximum absolute atomic E-state index is 5.99. The molecule has 1 aliphatic rings. The van der Waals surface area contributed by atoms with E-state index in [9.17, 15) is 0 Å². The van der Waals surface area contributed by atoms with Crippen molar-refractivity contribution in [3.8, 4) is 0 Å². The number of benzene rings is 2. The highest BCUT2D eigenvalue weighted by Crippen LogP contribution is 2.26.